The largest absolute Gasteiger partial charge is 0.484 e. The van der Waals surface area contributed by atoms with E-state index in [4.69, 9.17) is 4.74 Å². The van der Waals surface area contributed by atoms with Gasteiger partial charge >= 0.3 is 5.97 Å². The summed E-state index contributed by atoms with van der Waals surface area (Å²) in [6.07, 6.45) is 0.390. The molecule has 1 fully saturated rings. The number of hydrogen-bond donors (Lipinski definition) is 0. The number of anilines is 1. The lowest BCUT2D eigenvalue weighted by Crippen LogP contribution is -2.43. The molecule has 0 saturated carbocycles. The predicted octanol–water partition coefficient (Wildman–Crippen LogP) is 2.07. The average Bonchev–Trinajstić information content (AvgIpc) is 3.06. The molecule has 0 N–H and O–H groups in total. The number of para-hydroxylation sites is 1. The first-order chi connectivity index (χ1) is 13.4. The van der Waals surface area contributed by atoms with Gasteiger partial charge in [0.15, 0.2) is 16.4 Å². The minimum atomic E-state index is -3.15. The molecular weight excluding hydrogens is 382 g/mol. The monoisotopic (exact) mass is 403 g/mol. The molecule has 0 bridgehead atoms. The lowest BCUT2D eigenvalue weighted by molar-refractivity contribution is -0.121. The minimum Gasteiger partial charge on any atom is -0.484 e. The van der Waals surface area contributed by atoms with Crippen LogP contribution in [0.2, 0.25) is 0 Å². The Morgan fingerprint density at radius 2 is 1.86 bits per heavy atom. The van der Waals surface area contributed by atoms with Crippen molar-refractivity contribution in [1.29, 1.82) is 0 Å². The van der Waals surface area contributed by atoms with Crippen molar-refractivity contribution in [3.63, 3.8) is 0 Å². The third kappa shape index (κ3) is 4.69. The Balaban J connectivity index is 1.76. The normalized spacial score (nSPS) is 17.7. The molecule has 0 radical (unpaired) electrons. The number of nitrogens with zero attached hydrogens (tertiary/aromatic N) is 1. The van der Waals surface area contributed by atoms with Crippen LogP contribution in [-0.4, -0.2) is 51.6 Å². The number of methoxy groups -OCH3 is 1. The van der Waals surface area contributed by atoms with Crippen LogP contribution in [0.4, 0.5) is 5.69 Å². The summed E-state index contributed by atoms with van der Waals surface area (Å²) in [6, 6.07) is 14.8. The molecular formula is C20H21NO6S. The summed E-state index contributed by atoms with van der Waals surface area (Å²) < 4.78 is 34.0. The molecule has 1 amide bonds. The first kappa shape index (κ1) is 19.9. The Labute approximate surface area is 163 Å². The van der Waals surface area contributed by atoms with Gasteiger partial charge in [0.05, 0.1) is 30.2 Å². The van der Waals surface area contributed by atoms with Crippen molar-refractivity contribution in [2.75, 3.05) is 30.1 Å². The van der Waals surface area contributed by atoms with Gasteiger partial charge in [-0.25, -0.2) is 13.2 Å². The number of rotatable bonds is 6. The number of amides is 1. The quantitative estimate of drug-likeness (QED) is 0.686. The molecule has 1 aliphatic heterocycles. The van der Waals surface area contributed by atoms with Crippen LogP contribution in [-0.2, 0) is 19.4 Å². The zero-order valence-electron chi connectivity index (χ0n) is 15.4. The van der Waals surface area contributed by atoms with Gasteiger partial charge in [-0.3, -0.25) is 4.79 Å². The maximum absolute atomic E-state index is 12.9. The number of benzene rings is 2. The second-order valence-electron chi connectivity index (χ2n) is 6.46. The summed E-state index contributed by atoms with van der Waals surface area (Å²) in [6.45, 7) is -0.282. The summed E-state index contributed by atoms with van der Waals surface area (Å²) >= 11 is 0. The molecule has 0 aromatic heterocycles. The number of carbonyl (C=O) groups is 2. The van der Waals surface area contributed by atoms with Crippen molar-refractivity contribution >= 4 is 27.4 Å². The number of hydrogen-bond acceptors (Lipinski definition) is 6. The van der Waals surface area contributed by atoms with Gasteiger partial charge < -0.3 is 14.4 Å². The van der Waals surface area contributed by atoms with Crippen molar-refractivity contribution in [1.82, 2.24) is 0 Å². The van der Waals surface area contributed by atoms with Crippen LogP contribution in [0.3, 0.4) is 0 Å². The van der Waals surface area contributed by atoms with Gasteiger partial charge in [0.2, 0.25) is 0 Å². The van der Waals surface area contributed by atoms with Crippen molar-refractivity contribution in [3.8, 4) is 5.75 Å². The molecule has 1 heterocycles. The Kier molecular flexibility index (Phi) is 5.99. The fourth-order valence-electron chi connectivity index (χ4n) is 3.17. The standard InChI is InChI=1S/C20H21NO6S/c1-26-20(23)15-6-5-9-18(12-15)27-13-19(22)21(16-7-3-2-4-8-16)17-10-11-28(24,25)14-17/h2-9,12,17H,10-11,13-14H2,1H3/t17-/m1/s1. The predicted molar refractivity (Wildman–Crippen MR) is 104 cm³/mol. The van der Waals surface area contributed by atoms with Crippen molar-refractivity contribution in [3.05, 3.63) is 60.2 Å². The van der Waals surface area contributed by atoms with Gasteiger partial charge in [0.1, 0.15) is 5.75 Å². The van der Waals surface area contributed by atoms with Gasteiger partial charge in [-0.15, -0.1) is 0 Å². The second-order valence-corrected chi connectivity index (χ2v) is 8.69. The van der Waals surface area contributed by atoms with Crippen LogP contribution in [0.15, 0.2) is 54.6 Å². The minimum absolute atomic E-state index is 0.0640. The highest BCUT2D eigenvalue weighted by molar-refractivity contribution is 7.91. The molecule has 148 valence electrons. The number of ether oxygens (including phenoxy) is 2. The molecule has 7 nitrogen and oxygen atoms in total. The third-order valence-electron chi connectivity index (χ3n) is 4.49. The SMILES string of the molecule is COC(=O)c1cccc(OCC(=O)N(c2ccccc2)[C@@H]2CCS(=O)(=O)C2)c1. The molecule has 2 aromatic rings. The van der Waals surface area contributed by atoms with Gasteiger partial charge in [-0.05, 0) is 36.8 Å². The van der Waals surface area contributed by atoms with E-state index in [1.54, 1.807) is 42.5 Å². The summed E-state index contributed by atoms with van der Waals surface area (Å²) in [4.78, 5) is 26.0. The summed E-state index contributed by atoms with van der Waals surface area (Å²) in [5.74, 6) is -0.499. The van der Waals surface area contributed by atoms with Gasteiger partial charge in [-0.2, -0.15) is 0 Å². The zero-order chi connectivity index (χ0) is 20.1. The fraction of sp³-hybridized carbons (Fsp3) is 0.300. The van der Waals surface area contributed by atoms with Crippen LogP contribution >= 0.6 is 0 Å². The Bertz CT molecular complexity index is 958. The second kappa shape index (κ2) is 8.43. The average molecular weight is 403 g/mol. The fourth-order valence-corrected chi connectivity index (χ4v) is 4.87. The van der Waals surface area contributed by atoms with E-state index in [-0.39, 0.29) is 24.0 Å². The molecule has 0 spiro atoms. The zero-order valence-corrected chi connectivity index (χ0v) is 16.2. The van der Waals surface area contributed by atoms with E-state index in [1.165, 1.54) is 18.1 Å². The van der Waals surface area contributed by atoms with Crippen LogP contribution in [0.5, 0.6) is 5.75 Å². The van der Waals surface area contributed by atoms with Crippen molar-refractivity contribution in [2.45, 2.75) is 12.5 Å². The Hall–Kier alpha value is -2.87. The molecule has 0 unspecified atom stereocenters. The Morgan fingerprint density at radius 1 is 1.11 bits per heavy atom. The van der Waals surface area contributed by atoms with Crippen LogP contribution in [0, 0.1) is 0 Å². The molecule has 1 atom stereocenters. The van der Waals surface area contributed by atoms with E-state index in [0.29, 0.717) is 23.4 Å². The van der Waals surface area contributed by atoms with E-state index in [1.807, 2.05) is 6.07 Å². The number of esters is 1. The summed E-state index contributed by atoms with van der Waals surface area (Å²) in [5, 5.41) is 0. The van der Waals surface area contributed by atoms with Crippen LogP contribution in [0.1, 0.15) is 16.8 Å². The van der Waals surface area contributed by atoms with Gasteiger partial charge in [0.25, 0.3) is 5.91 Å². The smallest absolute Gasteiger partial charge is 0.337 e. The van der Waals surface area contributed by atoms with E-state index < -0.39 is 21.8 Å². The van der Waals surface area contributed by atoms with E-state index >= 15 is 0 Å². The Morgan fingerprint density at radius 3 is 2.50 bits per heavy atom. The molecule has 28 heavy (non-hydrogen) atoms. The molecule has 3 rings (SSSR count). The summed E-state index contributed by atoms with van der Waals surface area (Å²) in [5.41, 5.74) is 0.941. The first-order valence-electron chi connectivity index (χ1n) is 8.78. The van der Waals surface area contributed by atoms with E-state index in [0.717, 1.165) is 0 Å². The lowest BCUT2D eigenvalue weighted by Gasteiger charge is -2.28. The van der Waals surface area contributed by atoms with Crippen molar-refractivity contribution < 1.29 is 27.5 Å². The third-order valence-corrected chi connectivity index (χ3v) is 6.24. The highest BCUT2D eigenvalue weighted by Gasteiger charge is 2.35. The van der Waals surface area contributed by atoms with Crippen LogP contribution in [0.25, 0.3) is 0 Å². The number of carbonyl (C=O) groups excluding carboxylic acids is 2. The summed E-state index contributed by atoms with van der Waals surface area (Å²) in [7, 11) is -1.87. The van der Waals surface area contributed by atoms with Gasteiger partial charge in [0, 0.05) is 5.69 Å². The molecule has 8 heteroatoms. The maximum Gasteiger partial charge on any atom is 0.337 e. The van der Waals surface area contributed by atoms with E-state index in [9.17, 15) is 18.0 Å². The van der Waals surface area contributed by atoms with Crippen LogP contribution < -0.4 is 9.64 Å². The van der Waals surface area contributed by atoms with Crippen molar-refractivity contribution in [2.24, 2.45) is 0 Å². The number of sulfone groups is 1. The van der Waals surface area contributed by atoms with Gasteiger partial charge in [-0.1, -0.05) is 24.3 Å². The lowest BCUT2D eigenvalue weighted by atomic mass is 10.2. The highest BCUT2D eigenvalue weighted by Crippen LogP contribution is 2.25. The highest BCUT2D eigenvalue weighted by atomic mass is 32.2. The first-order valence-corrected chi connectivity index (χ1v) is 10.6. The maximum atomic E-state index is 12.9. The molecule has 1 saturated heterocycles. The van der Waals surface area contributed by atoms with E-state index in [2.05, 4.69) is 4.74 Å². The topological polar surface area (TPSA) is 90.0 Å². The molecule has 1 aliphatic rings. The molecule has 2 aromatic carbocycles. The molecule has 0 aliphatic carbocycles.